The molecule has 2 aromatic heterocycles. The first-order valence-electron chi connectivity index (χ1n) is 12.4. The average molecular weight is 532 g/mol. The van der Waals surface area contributed by atoms with Gasteiger partial charge < -0.3 is 19.9 Å². The first-order chi connectivity index (χ1) is 18.4. The highest BCUT2D eigenvalue weighted by atomic mass is 32.1. The Kier molecular flexibility index (Phi) is 9.06. The number of anilines is 1. The number of aromatic nitrogens is 2. The number of likely N-dealkylation sites (N-methyl/N-ethyl adjacent to an activating group) is 1. The zero-order valence-corrected chi connectivity index (χ0v) is 23.0. The molecular formula is C29H33N5O3S. The van der Waals surface area contributed by atoms with Crippen LogP contribution in [0, 0.1) is 6.92 Å². The zero-order chi connectivity index (χ0) is 27.1. The Morgan fingerprint density at radius 2 is 1.89 bits per heavy atom. The third-order valence-electron chi connectivity index (χ3n) is 6.21. The molecule has 38 heavy (non-hydrogen) atoms. The molecule has 4 aromatic rings. The Morgan fingerprint density at radius 1 is 1.08 bits per heavy atom. The van der Waals surface area contributed by atoms with E-state index in [9.17, 15) is 9.59 Å². The second kappa shape index (κ2) is 12.6. The van der Waals surface area contributed by atoms with Gasteiger partial charge in [0.25, 0.3) is 11.8 Å². The minimum absolute atomic E-state index is 0.111. The number of carbonyl (C=O) groups is 2. The molecule has 0 spiro atoms. The van der Waals surface area contributed by atoms with E-state index in [2.05, 4.69) is 15.5 Å². The Labute approximate surface area is 226 Å². The molecular weight excluding hydrogens is 498 g/mol. The fourth-order valence-corrected chi connectivity index (χ4v) is 4.85. The van der Waals surface area contributed by atoms with Crippen LogP contribution >= 0.6 is 11.3 Å². The van der Waals surface area contributed by atoms with E-state index in [0.29, 0.717) is 35.8 Å². The highest BCUT2D eigenvalue weighted by molar-refractivity contribution is 7.12. The number of methoxy groups -OCH3 is 1. The normalized spacial score (nSPS) is 11.5. The predicted octanol–water partition coefficient (Wildman–Crippen LogP) is 5.01. The summed E-state index contributed by atoms with van der Waals surface area (Å²) in [7, 11) is 5.57. The lowest BCUT2D eigenvalue weighted by atomic mass is 10.1. The van der Waals surface area contributed by atoms with Crippen molar-refractivity contribution in [1.82, 2.24) is 20.0 Å². The molecule has 0 aliphatic heterocycles. The summed E-state index contributed by atoms with van der Waals surface area (Å²) in [5.74, 6) is -0.314. The molecule has 2 N–H and O–H groups in total. The zero-order valence-electron chi connectivity index (χ0n) is 22.2. The van der Waals surface area contributed by atoms with Crippen LogP contribution in [0.25, 0.3) is 23.1 Å². The van der Waals surface area contributed by atoms with Crippen LogP contribution in [0.2, 0.25) is 0 Å². The summed E-state index contributed by atoms with van der Waals surface area (Å²) in [6.07, 6.45) is 3.81. The molecule has 2 heterocycles. The summed E-state index contributed by atoms with van der Waals surface area (Å²) in [4.78, 5) is 31.1. The van der Waals surface area contributed by atoms with E-state index in [-0.39, 0.29) is 11.8 Å². The molecule has 0 bridgehead atoms. The smallest absolute Gasteiger partial charge is 0.266 e. The minimum Gasteiger partial charge on any atom is -0.383 e. The van der Waals surface area contributed by atoms with Crippen LogP contribution in [0.3, 0.4) is 0 Å². The highest BCUT2D eigenvalue weighted by Gasteiger charge is 2.19. The molecule has 8 nitrogen and oxygen atoms in total. The summed E-state index contributed by atoms with van der Waals surface area (Å²) in [6, 6.07) is 15.2. The van der Waals surface area contributed by atoms with Crippen LogP contribution < -0.4 is 5.32 Å². The summed E-state index contributed by atoms with van der Waals surface area (Å²) >= 11 is 1.39. The Balaban J connectivity index is 1.67. The van der Waals surface area contributed by atoms with Crippen LogP contribution in [-0.4, -0.2) is 79.3 Å². The lowest BCUT2D eigenvalue weighted by Gasteiger charge is -2.24. The molecule has 4 rings (SSSR count). The number of nitrogens with zero attached hydrogens (tertiary/aromatic N) is 3. The van der Waals surface area contributed by atoms with Crippen LogP contribution in [0.1, 0.15) is 36.9 Å². The van der Waals surface area contributed by atoms with Gasteiger partial charge in [-0.3, -0.25) is 14.7 Å². The summed E-state index contributed by atoms with van der Waals surface area (Å²) < 4.78 is 5.23. The van der Waals surface area contributed by atoms with Gasteiger partial charge >= 0.3 is 0 Å². The van der Waals surface area contributed by atoms with Gasteiger partial charge in [0.15, 0.2) is 0 Å². The molecule has 0 aliphatic rings. The number of rotatable bonds is 11. The number of aromatic amines is 1. The largest absolute Gasteiger partial charge is 0.383 e. The van der Waals surface area contributed by atoms with Gasteiger partial charge in [-0.1, -0.05) is 30.3 Å². The first-order valence-corrected chi connectivity index (χ1v) is 13.3. The van der Waals surface area contributed by atoms with Gasteiger partial charge in [0.1, 0.15) is 0 Å². The Bertz CT molecular complexity index is 1440. The van der Waals surface area contributed by atoms with Gasteiger partial charge in [-0.05, 0) is 67.9 Å². The number of hydrogen-bond acceptors (Lipinski definition) is 6. The number of carbonyl (C=O) groups excluding carboxylic acids is 2. The monoisotopic (exact) mass is 531 g/mol. The fourth-order valence-electron chi connectivity index (χ4n) is 4.03. The highest BCUT2D eigenvalue weighted by Crippen LogP contribution is 2.25. The van der Waals surface area contributed by atoms with Crippen molar-refractivity contribution in [1.29, 1.82) is 0 Å². The molecule has 0 fully saturated rings. The number of aryl methyl sites for hydroxylation is 1. The molecule has 2 aromatic carbocycles. The van der Waals surface area contributed by atoms with Gasteiger partial charge in [0.05, 0.1) is 22.7 Å². The van der Waals surface area contributed by atoms with Crippen LogP contribution in [0.5, 0.6) is 0 Å². The number of ether oxygens (including phenoxy) is 1. The lowest BCUT2D eigenvalue weighted by molar-refractivity contribution is 0.0683. The van der Waals surface area contributed by atoms with Gasteiger partial charge in [-0.25, -0.2) is 0 Å². The summed E-state index contributed by atoms with van der Waals surface area (Å²) in [5, 5.41) is 13.4. The third-order valence-corrected chi connectivity index (χ3v) is 7.22. The molecule has 0 saturated heterocycles. The predicted molar refractivity (Wildman–Crippen MR) is 155 cm³/mol. The van der Waals surface area contributed by atoms with E-state index < -0.39 is 0 Å². The summed E-state index contributed by atoms with van der Waals surface area (Å²) in [6.45, 7) is 4.13. The topological polar surface area (TPSA) is 90.6 Å². The number of thiophene rings is 1. The van der Waals surface area contributed by atoms with Crippen molar-refractivity contribution in [3.63, 3.8) is 0 Å². The Morgan fingerprint density at radius 3 is 2.63 bits per heavy atom. The molecule has 0 saturated carbocycles. The fraction of sp³-hybridized carbons (Fsp3) is 0.276. The van der Waals surface area contributed by atoms with Crippen molar-refractivity contribution < 1.29 is 14.3 Å². The number of para-hydroxylation sites is 1. The first kappa shape index (κ1) is 27.3. The second-order valence-electron chi connectivity index (χ2n) is 9.26. The second-order valence-corrected chi connectivity index (χ2v) is 10.2. The van der Waals surface area contributed by atoms with E-state index in [1.54, 1.807) is 24.1 Å². The van der Waals surface area contributed by atoms with Crippen LogP contribution in [-0.2, 0) is 4.74 Å². The van der Waals surface area contributed by atoms with Crippen molar-refractivity contribution in [3.8, 4) is 0 Å². The van der Waals surface area contributed by atoms with Crippen LogP contribution in [0.15, 0.2) is 53.9 Å². The number of fused-ring (bicyclic) bond motifs is 1. The van der Waals surface area contributed by atoms with Crippen molar-refractivity contribution >= 4 is 51.9 Å². The maximum absolute atomic E-state index is 13.5. The lowest BCUT2D eigenvalue weighted by Crippen LogP contribution is -2.38. The van der Waals surface area contributed by atoms with Crippen LogP contribution in [0.4, 0.5) is 5.69 Å². The number of nitrogens with one attached hydrogen (secondary N) is 2. The van der Waals surface area contributed by atoms with E-state index in [1.165, 1.54) is 11.3 Å². The van der Waals surface area contributed by atoms with Gasteiger partial charge in [-0.15, -0.1) is 11.3 Å². The van der Waals surface area contributed by atoms with E-state index in [0.717, 1.165) is 34.3 Å². The SMILES string of the molecule is COCCN(CCN(C)C)C(=O)c1ccc(/C=C/c2n[nH]c3ccccc23)c(NC(=O)c2sccc2C)c1. The van der Waals surface area contributed by atoms with Crippen molar-refractivity contribution in [3.05, 3.63) is 81.2 Å². The third kappa shape index (κ3) is 6.55. The molecule has 0 unspecified atom stereocenters. The summed E-state index contributed by atoms with van der Waals surface area (Å²) in [5.41, 5.74) is 4.48. The number of amides is 2. The van der Waals surface area contributed by atoms with E-state index >= 15 is 0 Å². The minimum atomic E-state index is -0.203. The molecule has 0 aliphatic carbocycles. The maximum atomic E-state index is 13.5. The quantitative estimate of drug-likeness (QED) is 0.284. The van der Waals surface area contributed by atoms with Gasteiger partial charge in [0, 0.05) is 43.4 Å². The maximum Gasteiger partial charge on any atom is 0.266 e. The number of benzene rings is 2. The number of H-pyrrole nitrogens is 1. The van der Waals surface area contributed by atoms with E-state index in [4.69, 9.17) is 4.74 Å². The standard InChI is InChI=1S/C29H33N5O3S/c1-20-13-18-38-27(20)28(35)30-26-19-22(29(36)34(16-17-37-4)15-14-33(2)3)10-9-21(26)11-12-25-23-7-5-6-8-24(23)31-32-25/h5-13,18-19H,14-17H2,1-4H3,(H,30,35)(H,31,32)/b12-11+. The Hall–Kier alpha value is -3.79. The van der Waals surface area contributed by atoms with E-state index in [1.807, 2.05) is 79.8 Å². The molecule has 198 valence electrons. The van der Waals surface area contributed by atoms with Crippen molar-refractivity contribution in [2.24, 2.45) is 0 Å². The molecule has 0 atom stereocenters. The van der Waals surface area contributed by atoms with Crippen molar-refractivity contribution in [2.45, 2.75) is 6.92 Å². The van der Waals surface area contributed by atoms with Gasteiger partial charge in [0.2, 0.25) is 0 Å². The van der Waals surface area contributed by atoms with Crippen molar-refractivity contribution in [2.75, 3.05) is 52.8 Å². The molecule has 9 heteroatoms. The molecule has 2 amide bonds. The van der Waals surface area contributed by atoms with Gasteiger partial charge in [-0.2, -0.15) is 5.10 Å². The molecule has 0 radical (unpaired) electrons. The average Bonchev–Trinajstić information content (AvgIpc) is 3.53. The number of hydrogen-bond donors (Lipinski definition) is 2.